The smallest absolute Gasteiger partial charge is 0.294 e. The minimum absolute atomic E-state index is 0.191. The van der Waals surface area contributed by atoms with Crippen molar-refractivity contribution in [3.8, 4) is 0 Å². The molecule has 1 aliphatic carbocycles. The standard InChI is InChI=1S/C26H31ClN6O2/c1-3-26(4-2)13-19(33-20(26)21(27)32-23(25(33)35)31-17-6-5-7-17)24(34)30-14-15-8-9-18-16(12-15)10-11-29-22(18)28/h8-12,17,19H,3-7,13-14H2,1-2H3,(H2,28,29)(H,30,34)(H,31,32)/t19-/m0/s1. The zero-order valence-corrected chi connectivity index (χ0v) is 20.9. The molecular formula is C26H31ClN6O2. The number of nitrogens with zero attached hydrogens (tertiary/aromatic N) is 3. The number of amides is 1. The van der Waals surface area contributed by atoms with Gasteiger partial charge in [0.1, 0.15) is 11.9 Å². The Kier molecular flexibility index (Phi) is 6.17. The topological polar surface area (TPSA) is 115 Å². The van der Waals surface area contributed by atoms with Crippen LogP contribution >= 0.6 is 11.6 Å². The van der Waals surface area contributed by atoms with Crippen molar-refractivity contribution >= 4 is 39.9 Å². The Morgan fingerprint density at radius 3 is 2.71 bits per heavy atom. The summed E-state index contributed by atoms with van der Waals surface area (Å²) < 4.78 is 1.60. The Morgan fingerprint density at radius 2 is 2.03 bits per heavy atom. The maximum Gasteiger partial charge on any atom is 0.294 e. The van der Waals surface area contributed by atoms with Crippen LogP contribution in [0.2, 0.25) is 5.15 Å². The van der Waals surface area contributed by atoms with Gasteiger partial charge < -0.3 is 16.4 Å². The number of halogens is 1. The van der Waals surface area contributed by atoms with E-state index in [-0.39, 0.29) is 28.7 Å². The van der Waals surface area contributed by atoms with Gasteiger partial charge in [-0.1, -0.05) is 37.6 Å². The lowest BCUT2D eigenvalue weighted by molar-refractivity contribution is -0.124. The van der Waals surface area contributed by atoms with Gasteiger partial charge in [0, 0.05) is 29.6 Å². The molecule has 4 N–H and O–H groups in total. The van der Waals surface area contributed by atoms with Gasteiger partial charge >= 0.3 is 0 Å². The van der Waals surface area contributed by atoms with E-state index in [0.29, 0.717) is 29.6 Å². The lowest BCUT2D eigenvalue weighted by atomic mass is 9.77. The van der Waals surface area contributed by atoms with Crippen molar-refractivity contribution in [1.82, 2.24) is 19.9 Å². The summed E-state index contributed by atoms with van der Waals surface area (Å²) in [6, 6.07) is 7.33. The number of carbonyl (C=O) groups excluding carboxylic acids is 1. The molecule has 35 heavy (non-hydrogen) atoms. The first kappa shape index (κ1) is 23.6. The second kappa shape index (κ2) is 9.15. The Balaban J connectivity index is 1.45. The molecule has 1 saturated carbocycles. The van der Waals surface area contributed by atoms with E-state index in [1.165, 1.54) is 0 Å². The van der Waals surface area contributed by atoms with Crippen LogP contribution < -0.4 is 21.9 Å². The van der Waals surface area contributed by atoms with Gasteiger partial charge in [-0.05, 0) is 61.6 Å². The number of anilines is 2. The van der Waals surface area contributed by atoms with Crippen LogP contribution in [0.1, 0.15) is 69.7 Å². The zero-order chi connectivity index (χ0) is 24.7. The maximum atomic E-state index is 13.6. The fourth-order valence-electron chi connectivity index (χ4n) is 5.43. The zero-order valence-electron chi connectivity index (χ0n) is 20.1. The highest BCUT2D eigenvalue weighted by atomic mass is 35.5. The molecule has 9 heteroatoms. The van der Waals surface area contributed by atoms with Crippen molar-refractivity contribution in [2.75, 3.05) is 11.1 Å². The van der Waals surface area contributed by atoms with Crippen molar-refractivity contribution in [2.45, 2.75) is 76.4 Å². The highest BCUT2D eigenvalue weighted by Crippen LogP contribution is 2.47. The third kappa shape index (κ3) is 4.03. The Labute approximate surface area is 209 Å². The van der Waals surface area contributed by atoms with E-state index in [1.54, 1.807) is 10.8 Å². The quantitative estimate of drug-likeness (QED) is 0.451. The normalized spacial score (nSPS) is 18.8. The minimum Gasteiger partial charge on any atom is -0.383 e. The number of carbonyl (C=O) groups is 1. The summed E-state index contributed by atoms with van der Waals surface area (Å²) >= 11 is 6.69. The number of aromatic nitrogens is 3. The van der Waals surface area contributed by atoms with E-state index in [9.17, 15) is 9.59 Å². The van der Waals surface area contributed by atoms with Crippen molar-refractivity contribution in [1.29, 1.82) is 0 Å². The molecule has 1 amide bonds. The molecule has 0 unspecified atom stereocenters. The van der Waals surface area contributed by atoms with E-state index in [4.69, 9.17) is 17.3 Å². The molecule has 8 nitrogen and oxygen atoms in total. The number of rotatable bonds is 7. The number of pyridine rings is 1. The fourth-order valence-corrected chi connectivity index (χ4v) is 5.81. The lowest BCUT2D eigenvalue weighted by Gasteiger charge is -2.28. The van der Waals surface area contributed by atoms with Crippen LogP contribution in [-0.4, -0.2) is 26.5 Å². The van der Waals surface area contributed by atoms with Gasteiger partial charge in [-0.2, -0.15) is 0 Å². The number of benzene rings is 1. The van der Waals surface area contributed by atoms with Gasteiger partial charge in [-0.15, -0.1) is 0 Å². The molecule has 0 saturated heterocycles. The molecule has 1 aliphatic heterocycles. The summed E-state index contributed by atoms with van der Waals surface area (Å²) in [7, 11) is 0. The van der Waals surface area contributed by atoms with Crippen molar-refractivity contribution in [2.24, 2.45) is 0 Å². The monoisotopic (exact) mass is 494 g/mol. The Hall–Kier alpha value is -3.13. The van der Waals surface area contributed by atoms with Gasteiger partial charge in [-0.25, -0.2) is 9.97 Å². The molecule has 1 atom stereocenters. The van der Waals surface area contributed by atoms with Crippen LogP contribution in [0.3, 0.4) is 0 Å². The first-order valence-corrected chi connectivity index (χ1v) is 12.7. The van der Waals surface area contributed by atoms with Crippen molar-refractivity contribution < 1.29 is 4.79 Å². The van der Waals surface area contributed by atoms with Gasteiger partial charge in [0.25, 0.3) is 5.56 Å². The molecule has 2 aliphatic rings. The molecule has 1 fully saturated rings. The molecule has 0 bridgehead atoms. The minimum atomic E-state index is -0.639. The molecular weight excluding hydrogens is 464 g/mol. The molecule has 0 radical (unpaired) electrons. The van der Waals surface area contributed by atoms with E-state index in [1.807, 2.05) is 24.3 Å². The molecule has 2 aromatic heterocycles. The molecule has 1 aromatic carbocycles. The number of fused-ring (bicyclic) bond motifs is 2. The molecule has 3 heterocycles. The average molecular weight is 495 g/mol. The number of hydrogen-bond donors (Lipinski definition) is 3. The number of nitrogens with two attached hydrogens (primary N) is 1. The third-order valence-corrected chi connectivity index (χ3v) is 8.16. The van der Waals surface area contributed by atoms with Crippen LogP contribution in [0, 0.1) is 0 Å². The second-order valence-electron chi connectivity index (χ2n) is 9.72. The van der Waals surface area contributed by atoms with Gasteiger partial charge in [0.15, 0.2) is 11.0 Å². The van der Waals surface area contributed by atoms with E-state index in [2.05, 4.69) is 34.4 Å². The van der Waals surface area contributed by atoms with E-state index in [0.717, 1.165) is 48.4 Å². The third-order valence-electron chi connectivity index (χ3n) is 7.89. The summed E-state index contributed by atoms with van der Waals surface area (Å²) in [5.74, 6) is 0.528. The number of hydrogen-bond acceptors (Lipinski definition) is 6. The van der Waals surface area contributed by atoms with Crippen LogP contribution in [0.25, 0.3) is 10.8 Å². The van der Waals surface area contributed by atoms with E-state index >= 15 is 0 Å². The van der Waals surface area contributed by atoms with Crippen LogP contribution in [0.15, 0.2) is 35.3 Å². The highest BCUT2D eigenvalue weighted by Gasteiger charge is 2.47. The highest BCUT2D eigenvalue weighted by molar-refractivity contribution is 6.30. The van der Waals surface area contributed by atoms with Crippen molar-refractivity contribution in [3.05, 3.63) is 57.2 Å². The van der Waals surface area contributed by atoms with Crippen LogP contribution in [-0.2, 0) is 16.8 Å². The molecule has 5 rings (SSSR count). The molecule has 3 aromatic rings. The maximum absolute atomic E-state index is 13.6. The van der Waals surface area contributed by atoms with Crippen LogP contribution in [0.4, 0.5) is 11.6 Å². The fraction of sp³-hybridized carbons (Fsp3) is 0.462. The van der Waals surface area contributed by atoms with Crippen molar-refractivity contribution in [3.63, 3.8) is 0 Å². The molecule has 184 valence electrons. The summed E-state index contributed by atoms with van der Waals surface area (Å²) in [5, 5.41) is 8.44. The predicted octanol–water partition coefficient (Wildman–Crippen LogP) is 4.31. The number of nitrogens with one attached hydrogen (secondary N) is 2. The largest absolute Gasteiger partial charge is 0.383 e. The first-order chi connectivity index (χ1) is 16.9. The average Bonchev–Trinajstić information content (AvgIpc) is 3.19. The summed E-state index contributed by atoms with van der Waals surface area (Å²) in [5.41, 5.74) is 6.94. The predicted molar refractivity (Wildman–Crippen MR) is 139 cm³/mol. The Morgan fingerprint density at radius 1 is 1.26 bits per heavy atom. The second-order valence-corrected chi connectivity index (χ2v) is 10.1. The Bertz CT molecular complexity index is 1350. The van der Waals surface area contributed by atoms with Gasteiger partial charge in [0.05, 0.1) is 5.69 Å². The van der Waals surface area contributed by atoms with Gasteiger partial charge in [-0.3, -0.25) is 14.2 Å². The van der Waals surface area contributed by atoms with E-state index < -0.39 is 6.04 Å². The molecule has 0 spiro atoms. The van der Waals surface area contributed by atoms with Crippen LogP contribution in [0.5, 0.6) is 0 Å². The van der Waals surface area contributed by atoms with Gasteiger partial charge in [0.2, 0.25) is 5.91 Å². The lowest BCUT2D eigenvalue weighted by Crippen LogP contribution is -2.38. The first-order valence-electron chi connectivity index (χ1n) is 12.4. The SMILES string of the molecule is CCC1(CC)C[C@@H](C(=O)NCc2ccc3c(N)nccc3c2)n2c1c(Cl)nc(NC1CCC1)c2=O. The summed E-state index contributed by atoms with van der Waals surface area (Å²) in [6.45, 7) is 4.49. The number of nitrogen functional groups attached to an aromatic ring is 1. The summed E-state index contributed by atoms with van der Waals surface area (Å²) in [4.78, 5) is 35.6. The summed E-state index contributed by atoms with van der Waals surface area (Å²) in [6.07, 6.45) is 6.87.